The fraction of sp³-hybridized carbons (Fsp3) is 0.647. The molecule has 0 N–H and O–H groups in total. The minimum Gasteiger partial charge on any atom is -0.299 e. The summed E-state index contributed by atoms with van der Waals surface area (Å²) in [6.45, 7) is 10.4. The minimum absolute atomic E-state index is 0.305. The van der Waals surface area contributed by atoms with Crippen molar-refractivity contribution in [2.24, 2.45) is 0 Å². The van der Waals surface area contributed by atoms with E-state index in [1.165, 1.54) is 31.5 Å². The van der Waals surface area contributed by atoms with Crippen LogP contribution in [-0.4, -0.2) is 41.5 Å². The second-order valence-electron chi connectivity index (χ2n) is 6.93. The highest BCUT2D eigenvalue weighted by Crippen LogP contribution is 2.23. The average Bonchev–Trinajstić information content (AvgIpc) is 2.40. The highest BCUT2D eigenvalue weighted by atomic mass is 35.5. The van der Waals surface area contributed by atoms with Gasteiger partial charge >= 0.3 is 0 Å². The van der Waals surface area contributed by atoms with E-state index in [2.05, 4.69) is 49.8 Å². The molecule has 0 radical (unpaired) electrons. The fourth-order valence-electron chi connectivity index (χ4n) is 2.98. The molecule has 1 aromatic carbocycles. The van der Waals surface area contributed by atoms with Gasteiger partial charge in [0.1, 0.15) is 0 Å². The van der Waals surface area contributed by atoms with Gasteiger partial charge in [-0.1, -0.05) is 23.7 Å². The van der Waals surface area contributed by atoms with E-state index >= 15 is 0 Å². The summed E-state index contributed by atoms with van der Waals surface area (Å²) in [4.78, 5) is 5.09. The van der Waals surface area contributed by atoms with E-state index < -0.39 is 0 Å². The predicted molar refractivity (Wildman–Crippen MR) is 87.3 cm³/mol. The first-order valence-corrected chi connectivity index (χ1v) is 7.94. The molecule has 1 aliphatic heterocycles. The van der Waals surface area contributed by atoms with Crippen molar-refractivity contribution in [2.75, 3.05) is 20.1 Å². The van der Waals surface area contributed by atoms with Gasteiger partial charge in [-0.05, 0) is 58.4 Å². The van der Waals surface area contributed by atoms with Gasteiger partial charge in [-0.15, -0.1) is 0 Å². The van der Waals surface area contributed by atoms with E-state index in [-0.39, 0.29) is 0 Å². The lowest BCUT2D eigenvalue weighted by Gasteiger charge is -2.43. The lowest BCUT2D eigenvalue weighted by Crippen LogP contribution is -2.50. The van der Waals surface area contributed by atoms with Gasteiger partial charge < -0.3 is 0 Å². The van der Waals surface area contributed by atoms with Gasteiger partial charge in [0.25, 0.3) is 0 Å². The standard InChI is InChI=1S/C17H27ClN2/c1-17(2,3)20-11-9-16(10-12-20)19(4)13-14-5-7-15(18)8-6-14/h5-8,16H,9-13H2,1-4H3. The first-order chi connectivity index (χ1) is 9.36. The molecular weight excluding hydrogens is 268 g/mol. The fourth-order valence-corrected chi connectivity index (χ4v) is 3.11. The maximum Gasteiger partial charge on any atom is 0.0406 e. The van der Waals surface area contributed by atoms with Crippen LogP contribution in [0.15, 0.2) is 24.3 Å². The van der Waals surface area contributed by atoms with Crippen LogP contribution >= 0.6 is 11.6 Å². The molecule has 1 saturated heterocycles. The number of nitrogens with zero attached hydrogens (tertiary/aromatic N) is 2. The van der Waals surface area contributed by atoms with Crippen molar-refractivity contribution in [1.29, 1.82) is 0 Å². The van der Waals surface area contributed by atoms with Gasteiger partial charge in [-0.3, -0.25) is 9.80 Å². The summed E-state index contributed by atoms with van der Waals surface area (Å²) in [7, 11) is 2.24. The van der Waals surface area contributed by atoms with Gasteiger partial charge in [-0.2, -0.15) is 0 Å². The summed E-state index contributed by atoms with van der Waals surface area (Å²) < 4.78 is 0. The molecular formula is C17H27ClN2. The van der Waals surface area contributed by atoms with E-state index in [4.69, 9.17) is 11.6 Å². The molecule has 1 aliphatic rings. The summed E-state index contributed by atoms with van der Waals surface area (Å²) in [5, 5.41) is 0.815. The zero-order chi connectivity index (χ0) is 14.8. The highest BCUT2D eigenvalue weighted by Gasteiger charge is 2.28. The maximum atomic E-state index is 5.94. The molecule has 2 nitrogen and oxygen atoms in total. The van der Waals surface area contributed by atoms with Crippen LogP contribution < -0.4 is 0 Å². The first kappa shape index (κ1) is 15.8. The average molecular weight is 295 g/mol. The van der Waals surface area contributed by atoms with E-state index in [1.54, 1.807) is 0 Å². The minimum atomic E-state index is 0.305. The molecule has 0 bridgehead atoms. The molecule has 0 amide bonds. The molecule has 1 fully saturated rings. The molecule has 1 aromatic rings. The van der Waals surface area contributed by atoms with Gasteiger partial charge in [0, 0.05) is 36.2 Å². The van der Waals surface area contributed by atoms with Gasteiger partial charge in [0.2, 0.25) is 0 Å². The molecule has 0 spiro atoms. The van der Waals surface area contributed by atoms with Crippen LogP contribution in [0.2, 0.25) is 5.02 Å². The van der Waals surface area contributed by atoms with Crippen LogP contribution in [0.3, 0.4) is 0 Å². The van der Waals surface area contributed by atoms with Crippen LogP contribution in [-0.2, 0) is 6.54 Å². The maximum absolute atomic E-state index is 5.94. The molecule has 3 heteroatoms. The summed E-state index contributed by atoms with van der Waals surface area (Å²) in [6, 6.07) is 8.91. The Morgan fingerprint density at radius 1 is 1.15 bits per heavy atom. The third-order valence-corrected chi connectivity index (χ3v) is 4.63. The number of hydrogen-bond acceptors (Lipinski definition) is 2. The zero-order valence-electron chi connectivity index (χ0n) is 13.2. The summed E-state index contributed by atoms with van der Waals surface area (Å²) in [6.07, 6.45) is 2.53. The van der Waals surface area contributed by atoms with E-state index in [1.807, 2.05) is 12.1 Å². The Bertz CT molecular complexity index is 414. The molecule has 0 aromatic heterocycles. The lowest BCUT2D eigenvalue weighted by molar-refractivity contribution is 0.0632. The smallest absolute Gasteiger partial charge is 0.0406 e. The zero-order valence-corrected chi connectivity index (χ0v) is 14.0. The van der Waals surface area contributed by atoms with E-state index in [9.17, 15) is 0 Å². The third kappa shape index (κ3) is 4.21. The number of likely N-dealkylation sites (tertiary alicyclic amines) is 1. The Hall–Kier alpha value is -0.570. The van der Waals surface area contributed by atoms with Crippen molar-refractivity contribution < 1.29 is 0 Å². The Morgan fingerprint density at radius 2 is 1.70 bits per heavy atom. The molecule has 112 valence electrons. The Kier molecular flexibility index (Phi) is 5.11. The van der Waals surface area contributed by atoms with Gasteiger partial charge in [0.15, 0.2) is 0 Å². The molecule has 1 heterocycles. The molecule has 0 aliphatic carbocycles. The normalized spacial score (nSPS) is 18.7. The van der Waals surface area contributed by atoms with Crippen molar-refractivity contribution in [1.82, 2.24) is 9.80 Å². The summed E-state index contributed by atoms with van der Waals surface area (Å²) in [5.74, 6) is 0. The predicted octanol–water partition coefficient (Wildman–Crippen LogP) is 4.03. The second-order valence-corrected chi connectivity index (χ2v) is 7.37. The molecule has 0 saturated carbocycles. The largest absolute Gasteiger partial charge is 0.299 e. The molecule has 0 unspecified atom stereocenters. The Morgan fingerprint density at radius 3 is 2.20 bits per heavy atom. The molecule has 0 atom stereocenters. The van der Waals surface area contributed by atoms with Crippen molar-refractivity contribution in [3.63, 3.8) is 0 Å². The third-order valence-electron chi connectivity index (χ3n) is 4.38. The van der Waals surface area contributed by atoms with Crippen LogP contribution in [0.1, 0.15) is 39.2 Å². The highest BCUT2D eigenvalue weighted by molar-refractivity contribution is 6.30. The lowest BCUT2D eigenvalue weighted by atomic mass is 9.97. The van der Waals surface area contributed by atoms with Crippen molar-refractivity contribution in [2.45, 2.75) is 51.7 Å². The van der Waals surface area contributed by atoms with Crippen LogP contribution in [0.5, 0.6) is 0 Å². The van der Waals surface area contributed by atoms with Crippen molar-refractivity contribution in [3.8, 4) is 0 Å². The summed E-state index contributed by atoms with van der Waals surface area (Å²) in [5.41, 5.74) is 1.65. The van der Waals surface area contributed by atoms with Crippen LogP contribution in [0, 0.1) is 0 Å². The van der Waals surface area contributed by atoms with Crippen molar-refractivity contribution in [3.05, 3.63) is 34.9 Å². The topological polar surface area (TPSA) is 6.48 Å². The van der Waals surface area contributed by atoms with Crippen LogP contribution in [0.4, 0.5) is 0 Å². The summed E-state index contributed by atoms with van der Waals surface area (Å²) >= 11 is 5.94. The first-order valence-electron chi connectivity index (χ1n) is 7.56. The second kappa shape index (κ2) is 6.46. The Labute approximate surface area is 128 Å². The van der Waals surface area contributed by atoms with Crippen molar-refractivity contribution >= 4 is 11.6 Å². The molecule has 20 heavy (non-hydrogen) atoms. The monoisotopic (exact) mass is 294 g/mol. The number of halogens is 1. The number of piperidine rings is 1. The number of benzene rings is 1. The van der Waals surface area contributed by atoms with Gasteiger partial charge in [-0.25, -0.2) is 0 Å². The van der Waals surface area contributed by atoms with E-state index in [0.717, 1.165) is 11.6 Å². The SMILES string of the molecule is CN(Cc1ccc(Cl)cc1)C1CCN(C(C)(C)C)CC1. The Balaban J connectivity index is 1.85. The molecule has 2 rings (SSSR count). The quantitative estimate of drug-likeness (QED) is 0.830. The van der Waals surface area contributed by atoms with Crippen LogP contribution in [0.25, 0.3) is 0 Å². The van der Waals surface area contributed by atoms with E-state index in [0.29, 0.717) is 11.6 Å². The number of hydrogen-bond donors (Lipinski definition) is 0. The van der Waals surface area contributed by atoms with Gasteiger partial charge in [0.05, 0.1) is 0 Å². The number of rotatable bonds is 3.